The number of rotatable bonds is 4. The molecule has 0 aliphatic heterocycles. The molecule has 0 aromatic carbocycles. The van der Waals surface area contributed by atoms with Gasteiger partial charge in [-0.1, -0.05) is 6.42 Å². The van der Waals surface area contributed by atoms with E-state index in [-0.39, 0.29) is 11.8 Å². The maximum absolute atomic E-state index is 11.1. The molecule has 2 unspecified atom stereocenters. The first kappa shape index (κ1) is 11.9. The molecule has 2 heterocycles. The Labute approximate surface area is 109 Å². The van der Waals surface area contributed by atoms with E-state index in [9.17, 15) is 4.79 Å². The number of hydrogen-bond acceptors (Lipinski definition) is 5. The number of aromatic nitrogens is 4. The number of carboxylic acids is 1. The summed E-state index contributed by atoms with van der Waals surface area (Å²) in [6.07, 6.45) is 5.72. The van der Waals surface area contributed by atoms with Crippen LogP contribution in [0.1, 0.15) is 19.3 Å². The first-order chi connectivity index (χ1) is 9.25. The smallest absolute Gasteiger partial charge is 0.306 e. The minimum atomic E-state index is -0.696. The Kier molecular flexibility index (Phi) is 3.02. The van der Waals surface area contributed by atoms with Gasteiger partial charge in [0.05, 0.1) is 12.2 Å². The lowest BCUT2D eigenvalue weighted by Crippen LogP contribution is -2.24. The quantitative estimate of drug-likeness (QED) is 0.765. The van der Waals surface area contributed by atoms with Crippen molar-refractivity contribution in [3.8, 4) is 0 Å². The molecule has 1 aliphatic carbocycles. The molecule has 0 bridgehead atoms. The van der Waals surface area contributed by atoms with Crippen LogP contribution in [0.4, 0.5) is 5.82 Å². The van der Waals surface area contributed by atoms with Crippen LogP contribution >= 0.6 is 0 Å². The molecule has 0 radical (unpaired) electrons. The summed E-state index contributed by atoms with van der Waals surface area (Å²) >= 11 is 0. The standard InChI is InChI=1S/C12H15N5O2/c18-12(19)8-3-1-2-7(8)4-13-10-9-11(15-5-14-9)17-6-16-10/h5-8H,1-4H2,(H,18,19)(H2,13,14,15,16,17). The Bertz CT molecular complexity index is 597. The zero-order chi connectivity index (χ0) is 13.2. The molecular weight excluding hydrogens is 246 g/mol. The molecule has 1 aliphatic rings. The normalized spacial score (nSPS) is 22.7. The number of imidazole rings is 1. The zero-order valence-electron chi connectivity index (χ0n) is 10.3. The second-order valence-corrected chi connectivity index (χ2v) is 4.84. The largest absolute Gasteiger partial charge is 0.481 e. The zero-order valence-corrected chi connectivity index (χ0v) is 10.3. The van der Waals surface area contributed by atoms with Crippen molar-refractivity contribution in [2.75, 3.05) is 11.9 Å². The molecule has 0 amide bonds. The number of aromatic amines is 1. The highest BCUT2D eigenvalue weighted by Crippen LogP contribution is 2.32. The van der Waals surface area contributed by atoms with Crippen LogP contribution < -0.4 is 5.32 Å². The summed E-state index contributed by atoms with van der Waals surface area (Å²) in [6.45, 7) is 0.613. The molecule has 2 aromatic heterocycles. The van der Waals surface area contributed by atoms with Crippen molar-refractivity contribution in [2.24, 2.45) is 11.8 Å². The van der Waals surface area contributed by atoms with Gasteiger partial charge < -0.3 is 15.4 Å². The molecule has 19 heavy (non-hydrogen) atoms. The van der Waals surface area contributed by atoms with Gasteiger partial charge >= 0.3 is 5.97 Å². The van der Waals surface area contributed by atoms with Crippen molar-refractivity contribution in [1.82, 2.24) is 19.9 Å². The second-order valence-electron chi connectivity index (χ2n) is 4.84. The van der Waals surface area contributed by atoms with Crippen LogP contribution in [-0.4, -0.2) is 37.6 Å². The predicted octanol–water partition coefficient (Wildman–Crippen LogP) is 1.27. The van der Waals surface area contributed by atoms with Gasteiger partial charge in [-0.3, -0.25) is 4.79 Å². The molecule has 1 saturated carbocycles. The van der Waals surface area contributed by atoms with Gasteiger partial charge in [0.1, 0.15) is 11.8 Å². The summed E-state index contributed by atoms with van der Waals surface area (Å²) in [7, 11) is 0. The van der Waals surface area contributed by atoms with Gasteiger partial charge in [0, 0.05) is 6.54 Å². The lowest BCUT2D eigenvalue weighted by molar-refractivity contribution is -0.142. The number of aliphatic carboxylic acids is 1. The van der Waals surface area contributed by atoms with E-state index >= 15 is 0 Å². The highest BCUT2D eigenvalue weighted by atomic mass is 16.4. The van der Waals surface area contributed by atoms with Gasteiger partial charge in [-0.15, -0.1) is 0 Å². The fourth-order valence-corrected chi connectivity index (χ4v) is 2.73. The summed E-state index contributed by atoms with van der Waals surface area (Å²) in [5, 5.41) is 12.4. The number of hydrogen-bond donors (Lipinski definition) is 3. The summed E-state index contributed by atoms with van der Waals surface area (Å²) in [4.78, 5) is 26.4. The molecule has 0 saturated heterocycles. The maximum Gasteiger partial charge on any atom is 0.306 e. The van der Waals surface area contributed by atoms with Crippen molar-refractivity contribution in [3.63, 3.8) is 0 Å². The number of fused-ring (bicyclic) bond motifs is 1. The minimum absolute atomic E-state index is 0.158. The van der Waals surface area contributed by atoms with Crippen LogP contribution in [0.2, 0.25) is 0 Å². The third kappa shape index (κ3) is 2.23. The molecule has 7 heteroatoms. The van der Waals surface area contributed by atoms with Gasteiger partial charge in [-0.25, -0.2) is 15.0 Å². The Morgan fingerprint density at radius 3 is 3.16 bits per heavy atom. The Morgan fingerprint density at radius 2 is 2.32 bits per heavy atom. The Morgan fingerprint density at radius 1 is 1.42 bits per heavy atom. The number of carbonyl (C=O) groups is 1. The van der Waals surface area contributed by atoms with Crippen LogP contribution in [0.5, 0.6) is 0 Å². The molecule has 100 valence electrons. The molecule has 0 spiro atoms. The van der Waals surface area contributed by atoms with Crippen LogP contribution in [-0.2, 0) is 4.79 Å². The third-order valence-electron chi connectivity index (χ3n) is 3.73. The minimum Gasteiger partial charge on any atom is -0.481 e. The van der Waals surface area contributed by atoms with Gasteiger partial charge in [-0.05, 0) is 18.8 Å². The second kappa shape index (κ2) is 4.83. The number of nitrogens with zero attached hydrogens (tertiary/aromatic N) is 3. The van der Waals surface area contributed by atoms with Crippen LogP contribution in [0.15, 0.2) is 12.7 Å². The summed E-state index contributed by atoms with van der Waals surface area (Å²) in [5.74, 6) is -0.103. The SMILES string of the molecule is O=C(O)C1CCCC1CNc1ncnc2nc[nH]c12. The Balaban J connectivity index is 1.72. The predicted molar refractivity (Wildman–Crippen MR) is 68.6 cm³/mol. The first-order valence-electron chi connectivity index (χ1n) is 6.36. The number of anilines is 1. The number of carboxylic acid groups (broad SMARTS) is 1. The van der Waals surface area contributed by atoms with E-state index in [0.29, 0.717) is 18.0 Å². The summed E-state index contributed by atoms with van der Waals surface area (Å²) in [6, 6.07) is 0. The van der Waals surface area contributed by atoms with E-state index in [1.54, 1.807) is 6.33 Å². The first-order valence-corrected chi connectivity index (χ1v) is 6.36. The van der Waals surface area contributed by atoms with Crippen molar-refractivity contribution >= 4 is 23.0 Å². The lowest BCUT2D eigenvalue weighted by Gasteiger charge is -2.16. The fourth-order valence-electron chi connectivity index (χ4n) is 2.73. The van der Waals surface area contributed by atoms with E-state index in [2.05, 4.69) is 25.3 Å². The lowest BCUT2D eigenvalue weighted by atomic mass is 9.96. The van der Waals surface area contributed by atoms with Gasteiger partial charge in [-0.2, -0.15) is 0 Å². The average molecular weight is 261 g/mol. The van der Waals surface area contributed by atoms with Crippen molar-refractivity contribution in [1.29, 1.82) is 0 Å². The number of nitrogens with one attached hydrogen (secondary N) is 2. The van der Waals surface area contributed by atoms with Crippen LogP contribution in [0, 0.1) is 11.8 Å². The van der Waals surface area contributed by atoms with E-state index in [1.165, 1.54) is 6.33 Å². The van der Waals surface area contributed by atoms with E-state index in [1.807, 2.05) is 0 Å². The molecule has 7 nitrogen and oxygen atoms in total. The third-order valence-corrected chi connectivity index (χ3v) is 3.73. The monoisotopic (exact) mass is 261 g/mol. The summed E-state index contributed by atoms with van der Waals surface area (Å²) in [5.41, 5.74) is 1.37. The van der Waals surface area contributed by atoms with Crippen LogP contribution in [0.25, 0.3) is 11.2 Å². The molecule has 2 aromatic rings. The topological polar surface area (TPSA) is 104 Å². The molecular formula is C12H15N5O2. The van der Waals surface area contributed by atoms with Gasteiger partial charge in [0.2, 0.25) is 0 Å². The van der Waals surface area contributed by atoms with Crippen molar-refractivity contribution in [2.45, 2.75) is 19.3 Å². The molecule has 1 fully saturated rings. The van der Waals surface area contributed by atoms with Gasteiger partial charge in [0.15, 0.2) is 11.5 Å². The highest BCUT2D eigenvalue weighted by molar-refractivity contribution is 5.81. The van der Waals surface area contributed by atoms with E-state index in [4.69, 9.17) is 5.11 Å². The van der Waals surface area contributed by atoms with Gasteiger partial charge in [0.25, 0.3) is 0 Å². The average Bonchev–Trinajstić information content (AvgIpc) is 3.04. The molecule has 3 N–H and O–H groups in total. The fraction of sp³-hybridized carbons (Fsp3) is 0.500. The van der Waals surface area contributed by atoms with Crippen molar-refractivity contribution in [3.05, 3.63) is 12.7 Å². The van der Waals surface area contributed by atoms with Crippen molar-refractivity contribution < 1.29 is 9.90 Å². The number of H-pyrrole nitrogens is 1. The van der Waals surface area contributed by atoms with E-state index < -0.39 is 5.97 Å². The summed E-state index contributed by atoms with van der Waals surface area (Å²) < 4.78 is 0. The molecule has 2 atom stereocenters. The van der Waals surface area contributed by atoms with E-state index in [0.717, 1.165) is 24.8 Å². The maximum atomic E-state index is 11.1. The van der Waals surface area contributed by atoms with Crippen LogP contribution in [0.3, 0.4) is 0 Å². The molecule has 3 rings (SSSR count). The highest BCUT2D eigenvalue weighted by Gasteiger charge is 2.32. The Hall–Kier alpha value is -2.18.